The van der Waals surface area contributed by atoms with Gasteiger partial charge in [-0.3, -0.25) is 19.7 Å². The van der Waals surface area contributed by atoms with Crippen molar-refractivity contribution in [2.24, 2.45) is 0 Å². The van der Waals surface area contributed by atoms with Gasteiger partial charge in [0, 0.05) is 67.3 Å². The second-order valence-electron chi connectivity index (χ2n) is 15.4. The number of aromatic nitrogens is 3. The SMILES string of the molecule is C.CC1(C)OB(c2cccc(-c3cccnc3)c2)OC1(C)C.Clc1cc(-c2cccc(-c3cccnc3)c2)cc(-c2cccc(-c3cccnc3)c2)c1.Clc1cc(Br)cc(Br)c1.F. The fourth-order valence-corrected chi connectivity index (χ4v) is 8.67. The number of hydrogen-bond acceptors (Lipinski definition) is 5. The van der Waals surface area contributed by atoms with Gasteiger partial charge in [-0.05, 0) is 144 Å². The first-order valence-corrected chi connectivity index (χ1v) is 22.0. The molecule has 0 bridgehead atoms. The number of pyridine rings is 3. The minimum atomic E-state index is -0.327. The lowest BCUT2D eigenvalue weighted by molar-refractivity contribution is 0.00578. The summed E-state index contributed by atoms with van der Waals surface area (Å²) in [6, 6.07) is 49.1. The maximum atomic E-state index is 6.54. The average Bonchev–Trinajstić information content (AvgIpc) is 3.50. The Kier molecular flexibility index (Phi) is 17.2. The van der Waals surface area contributed by atoms with Crippen molar-refractivity contribution in [2.45, 2.75) is 46.3 Å². The highest BCUT2D eigenvalue weighted by Gasteiger charge is 2.51. The molecule has 0 amide bonds. The van der Waals surface area contributed by atoms with Crippen molar-refractivity contribution in [2.75, 3.05) is 0 Å². The zero-order valence-corrected chi connectivity index (χ0v) is 39.2. The Hall–Kier alpha value is -5.00. The van der Waals surface area contributed by atoms with Crippen LogP contribution in [0, 0.1) is 0 Å². The van der Waals surface area contributed by atoms with Crippen molar-refractivity contribution < 1.29 is 14.0 Å². The molecule has 5 aromatic carbocycles. The third kappa shape index (κ3) is 12.8. The van der Waals surface area contributed by atoms with E-state index < -0.39 is 0 Å². The Bertz CT molecular complexity index is 2560. The van der Waals surface area contributed by atoms with Gasteiger partial charge in [0.2, 0.25) is 0 Å². The molecule has 1 aliphatic heterocycles. The maximum Gasteiger partial charge on any atom is 0.494 e. The summed E-state index contributed by atoms with van der Waals surface area (Å²) >= 11 is 18.8. The van der Waals surface area contributed by atoms with E-state index in [9.17, 15) is 0 Å². The largest absolute Gasteiger partial charge is 0.494 e. The van der Waals surface area contributed by atoms with Crippen molar-refractivity contribution in [3.63, 3.8) is 0 Å². The molecule has 5 nitrogen and oxygen atoms in total. The molecule has 1 saturated heterocycles. The lowest BCUT2D eigenvalue weighted by Crippen LogP contribution is -2.41. The lowest BCUT2D eigenvalue weighted by atomic mass is 9.78. The molecule has 0 radical (unpaired) electrons. The molecule has 0 aliphatic carbocycles. The second-order valence-corrected chi connectivity index (χ2v) is 18.1. The summed E-state index contributed by atoms with van der Waals surface area (Å²) in [5.74, 6) is 0. The Morgan fingerprint density at radius 3 is 1.14 bits per heavy atom. The van der Waals surface area contributed by atoms with Crippen molar-refractivity contribution in [3.8, 4) is 55.6 Å². The number of halogens is 5. The van der Waals surface area contributed by atoms with Crippen molar-refractivity contribution in [1.29, 1.82) is 0 Å². The molecule has 4 heterocycles. The molecule has 1 aliphatic rings. The predicted molar refractivity (Wildman–Crippen MR) is 270 cm³/mol. The lowest BCUT2D eigenvalue weighted by Gasteiger charge is -2.32. The van der Waals surface area contributed by atoms with Crippen LogP contribution in [-0.2, 0) is 9.31 Å². The fourth-order valence-electron chi connectivity index (χ4n) is 6.64. The van der Waals surface area contributed by atoms with Crippen molar-refractivity contribution in [1.82, 2.24) is 15.0 Å². The standard InChI is InChI=1S/C28H19ClN2.C17H20BNO2.C6H3Br2Cl.CH4.FH/c29-28-16-26(22-7-1-5-20(13-22)24-9-3-11-30-18-24)15-27(17-28)23-8-2-6-21(14-23)25-10-4-12-31-19-25;1-16(2)17(3,4)21-18(20-16)15-9-5-7-13(11-15)14-8-6-10-19-12-14;7-4-1-5(8)3-6(9)2-4;;/h1-19H;5-12H,1-4H3;1-3H;1H4;1H. The fraction of sp³-hybridized carbons (Fsp3) is 0.135. The first kappa shape index (κ1) is 49.0. The molecular weight excluding hydrogens is 959 g/mol. The second kappa shape index (κ2) is 22.1. The molecule has 0 atom stereocenters. The smallest absolute Gasteiger partial charge is 0.399 e. The molecular formula is C52H47BBr2Cl2FN3O2. The van der Waals surface area contributed by atoms with Gasteiger partial charge in [0.15, 0.2) is 0 Å². The van der Waals surface area contributed by atoms with Crippen LogP contribution in [0.2, 0.25) is 10.0 Å². The minimum absolute atomic E-state index is 0. The Labute approximate surface area is 397 Å². The van der Waals surface area contributed by atoms with Crippen LogP contribution < -0.4 is 5.46 Å². The predicted octanol–water partition coefficient (Wildman–Crippen LogP) is 15.5. The number of rotatable bonds is 6. The Balaban J connectivity index is 0.000000202. The molecule has 0 N–H and O–H groups in total. The first-order chi connectivity index (χ1) is 29.3. The molecule has 3 aromatic heterocycles. The van der Waals surface area contributed by atoms with Crippen LogP contribution in [0.25, 0.3) is 55.6 Å². The van der Waals surface area contributed by atoms with Gasteiger partial charge >= 0.3 is 7.12 Å². The van der Waals surface area contributed by atoms with E-state index in [0.717, 1.165) is 75.1 Å². The van der Waals surface area contributed by atoms with E-state index in [1.807, 2.05) is 79.3 Å². The van der Waals surface area contributed by atoms with Crippen LogP contribution in [0.15, 0.2) is 192 Å². The maximum absolute atomic E-state index is 6.54. The van der Waals surface area contributed by atoms with E-state index >= 15 is 0 Å². The zero-order valence-electron chi connectivity index (χ0n) is 34.5. The molecule has 63 heavy (non-hydrogen) atoms. The van der Waals surface area contributed by atoms with Gasteiger partial charge in [0.05, 0.1) is 11.2 Å². The van der Waals surface area contributed by atoms with Gasteiger partial charge < -0.3 is 9.31 Å². The summed E-state index contributed by atoms with van der Waals surface area (Å²) in [6.45, 7) is 8.27. The quantitative estimate of drug-likeness (QED) is 0.155. The van der Waals surface area contributed by atoms with Crippen LogP contribution in [0.3, 0.4) is 0 Å². The van der Waals surface area contributed by atoms with Gasteiger partial charge in [0.25, 0.3) is 0 Å². The van der Waals surface area contributed by atoms with Crippen LogP contribution in [0.5, 0.6) is 0 Å². The highest BCUT2D eigenvalue weighted by molar-refractivity contribution is 9.11. The first-order valence-electron chi connectivity index (χ1n) is 19.6. The van der Waals surface area contributed by atoms with Crippen LogP contribution in [0.1, 0.15) is 35.1 Å². The number of benzene rings is 5. The summed E-state index contributed by atoms with van der Waals surface area (Å²) < 4.78 is 14.2. The van der Waals surface area contributed by atoms with Crippen LogP contribution in [0.4, 0.5) is 4.70 Å². The molecule has 9 rings (SSSR count). The normalized spacial score (nSPS) is 13.2. The minimum Gasteiger partial charge on any atom is -0.399 e. The third-order valence-corrected chi connectivity index (χ3v) is 11.9. The van der Waals surface area contributed by atoms with Gasteiger partial charge in [-0.1, -0.05) is 141 Å². The van der Waals surface area contributed by atoms with Crippen molar-refractivity contribution >= 4 is 67.6 Å². The third-order valence-electron chi connectivity index (χ3n) is 10.5. The molecule has 11 heteroatoms. The molecule has 1 fully saturated rings. The van der Waals surface area contributed by atoms with Crippen LogP contribution in [-0.4, -0.2) is 33.3 Å². The molecule has 0 unspecified atom stereocenters. The Morgan fingerprint density at radius 1 is 0.429 bits per heavy atom. The van der Waals surface area contributed by atoms with Gasteiger partial charge in [0.1, 0.15) is 0 Å². The molecule has 320 valence electrons. The highest BCUT2D eigenvalue weighted by Crippen LogP contribution is 2.37. The number of hydrogen-bond donors (Lipinski definition) is 0. The topological polar surface area (TPSA) is 57.1 Å². The van der Waals surface area contributed by atoms with E-state index in [0.29, 0.717) is 5.02 Å². The zero-order chi connectivity index (χ0) is 43.0. The van der Waals surface area contributed by atoms with E-state index in [1.54, 1.807) is 18.6 Å². The van der Waals surface area contributed by atoms with E-state index in [1.165, 1.54) is 0 Å². The average molecular weight is 1010 g/mol. The highest BCUT2D eigenvalue weighted by atomic mass is 79.9. The summed E-state index contributed by atoms with van der Waals surface area (Å²) in [7, 11) is -0.327. The summed E-state index contributed by atoms with van der Waals surface area (Å²) in [6.07, 6.45) is 11.0. The molecule has 0 saturated carbocycles. The van der Waals surface area contributed by atoms with Gasteiger partial charge in [-0.2, -0.15) is 0 Å². The molecule has 0 spiro atoms. The van der Waals surface area contributed by atoms with E-state index in [2.05, 4.69) is 159 Å². The Morgan fingerprint density at radius 2 is 0.762 bits per heavy atom. The monoisotopic (exact) mass is 1000 g/mol. The summed E-state index contributed by atoms with van der Waals surface area (Å²) in [5.41, 5.74) is 11.5. The van der Waals surface area contributed by atoms with E-state index in [4.69, 9.17) is 32.5 Å². The molecule has 8 aromatic rings. The van der Waals surface area contributed by atoms with Crippen molar-refractivity contribution in [3.05, 3.63) is 202 Å². The van der Waals surface area contributed by atoms with Gasteiger partial charge in [-0.25, -0.2) is 0 Å². The van der Waals surface area contributed by atoms with Crippen LogP contribution >= 0.6 is 55.1 Å². The summed E-state index contributed by atoms with van der Waals surface area (Å²) in [4.78, 5) is 12.6. The van der Waals surface area contributed by atoms with Gasteiger partial charge in [-0.15, -0.1) is 0 Å². The van der Waals surface area contributed by atoms with E-state index in [-0.39, 0.29) is 30.5 Å². The summed E-state index contributed by atoms with van der Waals surface area (Å²) in [5, 5.41) is 1.45. The number of nitrogens with zero attached hydrogens (tertiary/aromatic N) is 3.